The first kappa shape index (κ1) is 32.9. The van der Waals surface area contributed by atoms with Crippen LogP contribution in [0.2, 0.25) is 0 Å². The Balaban J connectivity index is 3.51. The van der Waals surface area contributed by atoms with Gasteiger partial charge in [-0.3, -0.25) is 9.59 Å². The minimum atomic E-state index is -0.0250. The molecule has 4 heteroatoms. The van der Waals surface area contributed by atoms with E-state index in [9.17, 15) is 9.59 Å². The number of hydrogen-bond acceptors (Lipinski definition) is 4. The third-order valence-electron chi connectivity index (χ3n) is 6.85. The molecule has 0 fully saturated rings. The molecular formula is C30H58O4. The first-order valence-corrected chi connectivity index (χ1v) is 14.9. The second kappa shape index (κ2) is 26.5. The smallest absolute Gasteiger partial charge is 0.305 e. The van der Waals surface area contributed by atoms with Crippen LogP contribution >= 0.6 is 0 Å². The molecule has 0 aliphatic carbocycles. The normalized spacial score (nSPS) is 12.0. The SMILES string of the molecule is CCCCCCCCOC(=O)CCCCCCCC(CC)CCC(=O)OCCCCCCCC. The summed E-state index contributed by atoms with van der Waals surface area (Å²) >= 11 is 0. The standard InChI is InChI=1S/C30H58O4/c1-4-7-9-11-16-20-26-33-29(31)23-19-15-13-14-18-22-28(6-3)24-25-30(32)34-27-21-17-12-10-8-5-2/h28H,4-27H2,1-3H3. The van der Waals surface area contributed by atoms with Gasteiger partial charge in [-0.25, -0.2) is 0 Å². The van der Waals surface area contributed by atoms with Gasteiger partial charge in [0.2, 0.25) is 0 Å². The van der Waals surface area contributed by atoms with E-state index in [0.717, 1.165) is 38.5 Å². The van der Waals surface area contributed by atoms with Crippen LogP contribution in [-0.2, 0) is 19.1 Å². The van der Waals surface area contributed by atoms with Crippen molar-refractivity contribution in [3.05, 3.63) is 0 Å². The van der Waals surface area contributed by atoms with Gasteiger partial charge in [0.05, 0.1) is 13.2 Å². The van der Waals surface area contributed by atoms with E-state index in [4.69, 9.17) is 9.47 Å². The van der Waals surface area contributed by atoms with Crippen LogP contribution in [-0.4, -0.2) is 25.2 Å². The van der Waals surface area contributed by atoms with Gasteiger partial charge in [-0.2, -0.15) is 0 Å². The molecule has 0 aliphatic rings. The van der Waals surface area contributed by atoms with Gasteiger partial charge in [0.25, 0.3) is 0 Å². The van der Waals surface area contributed by atoms with Gasteiger partial charge in [0.15, 0.2) is 0 Å². The fraction of sp³-hybridized carbons (Fsp3) is 0.933. The highest BCUT2D eigenvalue weighted by Crippen LogP contribution is 2.20. The summed E-state index contributed by atoms with van der Waals surface area (Å²) in [6.45, 7) is 7.86. The van der Waals surface area contributed by atoms with Crippen LogP contribution in [0.25, 0.3) is 0 Å². The number of rotatable bonds is 26. The Morgan fingerprint density at radius 2 is 0.941 bits per heavy atom. The average molecular weight is 483 g/mol. The topological polar surface area (TPSA) is 52.6 Å². The highest BCUT2D eigenvalue weighted by molar-refractivity contribution is 5.69. The Kier molecular flexibility index (Phi) is 25.7. The van der Waals surface area contributed by atoms with Crippen molar-refractivity contribution in [3.8, 4) is 0 Å². The molecule has 0 aromatic carbocycles. The van der Waals surface area contributed by atoms with Crippen LogP contribution in [0, 0.1) is 5.92 Å². The second-order valence-electron chi connectivity index (χ2n) is 10.1. The summed E-state index contributed by atoms with van der Waals surface area (Å²) in [6.07, 6.45) is 24.7. The summed E-state index contributed by atoms with van der Waals surface area (Å²) in [6, 6.07) is 0. The molecule has 0 spiro atoms. The molecule has 0 aromatic rings. The van der Waals surface area contributed by atoms with E-state index in [-0.39, 0.29) is 11.9 Å². The monoisotopic (exact) mass is 482 g/mol. The zero-order valence-corrected chi connectivity index (χ0v) is 23.2. The van der Waals surface area contributed by atoms with Gasteiger partial charge in [-0.1, -0.05) is 124 Å². The Hall–Kier alpha value is -1.06. The molecule has 202 valence electrons. The van der Waals surface area contributed by atoms with Crippen molar-refractivity contribution in [2.75, 3.05) is 13.2 Å². The fourth-order valence-corrected chi connectivity index (χ4v) is 4.39. The molecule has 1 unspecified atom stereocenters. The van der Waals surface area contributed by atoms with Crippen molar-refractivity contribution in [3.63, 3.8) is 0 Å². The number of unbranched alkanes of at least 4 members (excludes halogenated alkanes) is 14. The highest BCUT2D eigenvalue weighted by atomic mass is 16.5. The predicted molar refractivity (Wildman–Crippen MR) is 144 cm³/mol. The van der Waals surface area contributed by atoms with E-state index in [1.807, 2.05) is 0 Å². The van der Waals surface area contributed by atoms with Crippen molar-refractivity contribution >= 4 is 11.9 Å². The summed E-state index contributed by atoms with van der Waals surface area (Å²) in [4.78, 5) is 23.8. The molecule has 0 radical (unpaired) electrons. The van der Waals surface area contributed by atoms with E-state index < -0.39 is 0 Å². The third-order valence-corrected chi connectivity index (χ3v) is 6.85. The van der Waals surface area contributed by atoms with Crippen molar-refractivity contribution in [1.82, 2.24) is 0 Å². The van der Waals surface area contributed by atoms with E-state index >= 15 is 0 Å². The molecule has 0 saturated carbocycles. The summed E-state index contributed by atoms with van der Waals surface area (Å²) in [5.41, 5.74) is 0. The zero-order valence-electron chi connectivity index (χ0n) is 23.2. The number of hydrogen-bond donors (Lipinski definition) is 0. The van der Waals surface area contributed by atoms with Crippen molar-refractivity contribution in [1.29, 1.82) is 0 Å². The molecule has 0 amide bonds. The molecule has 0 rings (SSSR count). The Morgan fingerprint density at radius 3 is 1.47 bits per heavy atom. The van der Waals surface area contributed by atoms with E-state index in [0.29, 0.717) is 32.0 Å². The molecule has 0 aliphatic heterocycles. The summed E-state index contributed by atoms with van der Waals surface area (Å²) in [5, 5.41) is 0. The second-order valence-corrected chi connectivity index (χ2v) is 10.1. The number of carbonyl (C=O) groups excluding carboxylic acids is 2. The lowest BCUT2D eigenvalue weighted by Crippen LogP contribution is -2.09. The van der Waals surface area contributed by atoms with Crippen LogP contribution < -0.4 is 0 Å². The van der Waals surface area contributed by atoms with Gasteiger partial charge >= 0.3 is 11.9 Å². The quantitative estimate of drug-likeness (QED) is 0.0910. The van der Waals surface area contributed by atoms with Crippen LogP contribution in [0.5, 0.6) is 0 Å². The largest absolute Gasteiger partial charge is 0.466 e. The molecule has 0 saturated heterocycles. The first-order valence-electron chi connectivity index (χ1n) is 14.9. The average Bonchev–Trinajstić information content (AvgIpc) is 2.84. The van der Waals surface area contributed by atoms with Crippen LogP contribution in [0.1, 0.15) is 162 Å². The number of ether oxygens (including phenoxy) is 2. The van der Waals surface area contributed by atoms with E-state index in [1.54, 1.807) is 0 Å². The number of carbonyl (C=O) groups is 2. The zero-order chi connectivity index (χ0) is 25.1. The summed E-state index contributed by atoms with van der Waals surface area (Å²) in [5.74, 6) is 0.580. The van der Waals surface area contributed by atoms with Gasteiger partial charge in [-0.15, -0.1) is 0 Å². The first-order chi connectivity index (χ1) is 16.6. The van der Waals surface area contributed by atoms with Gasteiger partial charge < -0.3 is 9.47 Å². The fourth-order valence-electron chi connectivity index (χ4n) is 4.39. The van der Waals surface area contributed by atoms with Crippen LogP contribution in [0.3, 0.4) is 0 Å². The maximum Gasteiger partial charge on any atom is 0.305 e. The molecule has 4 nitrogen and oxygen atoms in total. The molecule has 0 N–H and O–H groups in total. The maximum absolute atomic E-state index is 12.0. The summed E-state index contributed by atoms with van der Waals surface area (Å²) in [7, 11) is 0. The minimum absolute atomic E-state index is 0.0182. The molecular weight excluding hydrogens is 424 g/mol. The van der Waals surface area contributed by atoms with Crippen LogP contribution in [0.15, 0.2) is 0 Å². The predicted octanol–water partition coefficient (Wildman–Crippen LogP) is 9.33. The van der Waals surface area contributed by atoms with Crippen molar-refractivity contribution < 1.29 is 19.1 Å². The van der Waals surface area contributed by atoms with Gasteiger partial charge in [-0.05, 0) is 31.6 Å². The lowest BCUT2D eigenvalue weighted by molar-refractivity contribution is -0.145. The molecule has 0 bridgehead atoms. The lowest BCUT2D eigenvalue weighted by atomic mass is 9.93. The maximum atomic E-state index is 12.0. The van der Waals surface area contributed by atoms with Crippen molar-refractivity contribution in [2.45, 2.75) is 162 Å². The van der Waals surface area contributed by atoms with Crippen molar-refractivity contribution in [2.24, 2.45) is 5.92 Å². The molecule has 1 atom stereocenters. The van der Waals surface area contributed by atoms with Gasteiger partial charge in [0, 0.05) is 12.8 Å². The number of esters is 2. The molecule has 34 heavy (non-hydrogen) atoms. The lowest BCUT2D eigenvalue weighted by Gasteiger charge is -2.14. The Labute approximate surface area is 212 Å². The summed E-state index contributed by atoms with van der Waals surface area (Å²) < 4.78 is 10.7. The molecule has 0 aromatic heterocycles. The van der Waals surface area contributed by atoms with E-state index in [2.05, 4.69) is 20.8 Å². The molecule has 0 heterocycles. The van der Waals surface area contributed by atoms with Gasteiger partial charge in [0.1, 0.15) is 0 Å². The highest BCUT2D eigenvalue weighted by Gasteiger charge is 2.10. The van der Waals surface area contributed by atoms with E-state index in [1.165, 1.54) is 89.9 Å². The third kappa shape index (κ3) is 24.1. The Morgan fingerprint density at radius 1 is 0.500 bits per heavy atom. The Bertz CT molecular complexity index is 449. The minimum Gasteiger partial charge on any atom is -0.466 e. The van der Waals surface area contributed by atoms with Crippen LogP contribution in [0.4, 0.5) is 0 Å².